The van der Waals surface area contributed by atoms with Crippen molar-refractivity contribution in [2.75, 3.05) is 13.2 Å². The summed E-state index contributed by atoms with van der Waals surface area (Å²) in [5.41, 5.74) is -1.50. The Morgan fingerprint density at radius 3 is 2.54 bits per heavy atom. The fourth-order valence-electron chi connectivity index (χ4n) is 5.06. The van der Waals surface area contributed by atoms with Crippen molar-refractivity contribution in [3.8, 4) is 6.07 Å². The third-order valence-corrected chi connectivity index (χ3v) is 8.92. The number of allylic oxidation sites excluding steroid dienone is 2. The number of hydrogen-bond acceptors (Lipinski definition) is 11. The molecule has 3 atom stereocenters. The number of carbonyl (C=O) groups is 3. The molecule has 12 nitrogen and oxygen atoms in total. The molecule has 264 valence electrons. The van der Waals surface area contributed by atoms with Crippen molar-refractivity contribution in [1.82, 2.24) is 14.8 Å². The van der Waals surface area contributed by atoms with E-state index in [4.69, 9.17) is 24.2 Å². The van der Waals surface area contributed by atoms with Crippen molar-refractivity contribution >= 4 is 35.7 Å². The maximum atomic E-state index is 15.6. The average Bonchev–Trinajstić information content (AvgIpc) is 3.58. The van der Waals surface area contributed by atoms with Gasteiger partial charge in [-0.1, -0.05) is 24.3 Å². The second-order valence-electron chi connectivity index (χ2n) is 11.1. The topological polar surface area (TPSA) is 163 Å². The van der Waals surface area contributed by atoms with E-state index in [0.29, 0.717) is 11.6 Å². The van der Waals surface area contributed by atoms with Gasteiger partial charge in [0, 0.05) is 42.2 Å². The molecule has 0 bridgehead atoms. The summed E-state index contributed by atoms with van der Waals surface area (Å²) in [5, 5.41) is 21.3. The van der Waals surface area contributed by atoms with Gasteiger partial charge in [0.2, 0.25) is 0 Å². The SMILES string of the molecule is CC(=O)OC(CCC(=O)O[C@@](Cn1cncn1)(c1ccc(F)cc1F)[C@@H](C)SC1COC(/C=C/C=C/c2ccc(C#N)cc2F)OC1)C(=O)O. The van der Waals surface area contributed by atoms with Crippen LogP contribution >= 0.6 is 11.8 Å². The number of thioether (sulfide) groups is 1. The van der Waals surface area contributed by atoms with Crippen LogP contribution in [0.3, 0.4) is 0 Å². The van der Waals surface area contributed by atoms with Crippen LogP contribution in [0.5, 0.6) is 0 Å². The Hall–Kier alpha value is -4.98. The van der Waals surface area contributed by atoms with Gasteiger partial charge in [0.05, 0.1) is 36.6 Å². The van der Waals surface area contributed by atoms with Gasteiger partial charge in [-0.15, -0.1) is 11.8 Å². The molecule has 50 heavy (non-hydrogen) atoms. The molecule has 0 spiro atoms. The number of aromatic nitrogens is 3. The summed E-state index contributed by atoms with van der Waals surface area (Å²) in [6.07, 6.45) is 5.63. The molecule has 1 aliphatic heterocycles. The fourth-order valence-corrected chi connectivity index (χ4v) is 6.42. The Bertz CT molecular complexity index is 1760. The Kier molecular flexibility index (Phi) is 13.3. The Labute approximate surface area is 289 Å². The summed E-state index contributed by atoms with van der Waals surface area (Å²) in [4.78, 5) is 40.2. The molecule has 1 aromatic heterocycles. The Morgan fingerprint density at radius 1 is 1.16 bits per heavy atom. The number of nitriles is 1. The number of carbonyl (C=O) groups excluding carboxylic acids is 2. The lowest BCUT2D eigenvalue weighted by molar-refractivity contribution is -0.168. The largest absolute Gasteiger partial charge is 0.479 e. The van der Waals surface area contributed by atoms with Gasteiger partial charge in [-0.05, 0) is 37.3 Å². The van der Waals surface area contributed by atoms with Crippen molar-refractivity contribution in [1.29, 1.82) is 5.26 Å². The lowest BCUT2D eigenvalue weighted by Gasteiger charge is -2.40. The zero-order valence-corrected chi connectivity index (χ0v) is 27.7. The lowest BCUT2D eigenvalue weighted by atomic mass is 9.89. The van der Waals surface area contributed by atoms with Gasteiger partial charge < -0.3 is 24.1 Å². The number of benzene rings is 2. The van der Waals surface area contributed by atoms with Crippen molar-refractivity contribution in [3.63, 3.8) is 0 Å². The monoisotopic (exact) mass is 714 g/mol. The van der Waals surface area contributed by atoms with E-state index in [9.17, 15) is 28.3 Å². The molecule has 1 aliphatic rings. The summed E-state index contributed by atoms with van der Waals surface area (Å²) < 4.78 is 67.5. The van der Waals surface area contributed by atoms with E-state index in [1.54, 1.807) is 25.2 Å². The minimum absolute atomic E-state index is 0.165. The first kappa shape index (κ1) is 37.8. The number of hydrogen-bond donors (Lipinski definition) is 1. The molecule has 1 N–H and O–H groups in total. The van der Waals surface area contributed by atoms with E-state index in [1.807, 2.05) is 6.07 Å². The molecule has 0 saturated carbocycles. The molecule has 2 heterocycles. The number of rotatable bonds is 15. The standard InChI is InChI=1S/C34H33F3N4O8S/c1-21(50-26-16-46-32(47-17-26)6-4-3-5-24-8-7-23(15-38)13-28(24)36)34(18-41-20-39-19-40-41,27-10-9-25(35)14-29(27)37)49-31(43)12-11-30(33(44)45)48-22(2)42/h3-10,13-14,19-21,26,30,32H,11-12,16-18H2,1-2H3,(H,44,45)/b5-3+,6-4+/t21-,26?,30?,32?,34-/m1/s1. The first-order chi connectivity index (χ1) is 23.9. The van der Waals surface area contributed by atoms with Gasteiger partial charge in [0.25, 0.3) is 0 Å². The van der Waals surface area contributed by atoms with Crippen LogP contribution in [0.4, 0.5) is 13.2 Å². The second-order valence-corrected chi connectivity index (χ2v) is 12.7. The first-order valence-corrected chi connectivity index (χ1v) is 16.2. The minimum Gasteiger partial charge on any atom is -0.479 e. The molecular weight excluding hydrogens is 681 g/mol. The van der Waals surface area contributed by atoms with Gasteiger partial charge in [0.15, 0.2) is 18.0 Å². The molecule has 0 aliphatic carbocycles. The van der Waals surface area contributed by atoms with Crippen LogP contribution in [0.1, 0.15) is 43.4 Å². The number of nitrogens with zero attached hydrogens (tertiary/aromatic N) is 4. The summed E-state index contributed by atoms with van der Waals surface area (Å²) in [5.74, 6) is -5.64. The van der Waals surface area contributed by atoms with Crippen LogP contribution in [-0.4, -0.2) is 73.9 Å². The molecule has 4 rings (SSSR count). The first-order valence-electron chi connectivity index (χ1n) is 15.2. The van der Waals surface area contributed by atoms with Crippen LogP contribution in [0.15, 0.2) is 67.3 Å². The van der Waals surface area contributed by atoms with E-state index < -0.39 is 71.4 Å². The lowest BCUT2D eigenvalue weighted by Crippen LogP contribution is -2.47. The third-order valence-electron chi connectivity index (χ3n) is 7.47. The zero-order chi connectivity index (χ0) is 36.3. The predicted molar refractivity (Wildman–Crippen MR) is 172 cm³/mol. The summed E-state index contributed by atoms with van der Waals surface area (Å²) in [6.45, 7) is 2.78. The van der Waals surface area contributed by atoms with Crippen molar-refractivity contribution < 1.29 is 51.6 Å². The van der Waals surface area contributed by atoms with Crippen LogP contribution in [0, 0.1) is 28.8 Å². The molecule has 0 radical (unpaired) electrons. The quantitative estimate of drug-likeness (QED) is 0.167. The van der Waals surface area contributed by atoms with Crippen LogP contribution < -0.4 is 0 Å². The second kappa shape index (κ2) is 17.6. The number of aliphatic carboxylic acids is 1. The van der Waals surface area contributed by atoms with Gasteiger partial charge in [-0.2, -0.15) is 10.4 Å². The maximum Gasteiger partial charge on any atom is 0.345 e. The van der Waals surface area contributed by atoms with E-state index >= 15 is 4.39 Å². The summed E-state index contributed by atoms with van der Waals surface area (Å²) >= 11 is 1.25. The molecule has 0 amide bonds. The molecule has 1 fully saturated rings. The van der Waals surface area contributed by atoms with E-state index in [-0.39, 0.29) is 36.1 Å². The molecule has 1 unspecified atom stereocenters. The molecule has 2 aromatic carbocycles. The summed E-state index contributed by atoms with van der Waals surface area (Å²) in [6, 6.07) is 8.85. The number of carboxylic acid groups (broad SMARTS) is 1. The van der Waals surface area contributed by atoms with Gasteiger partial charge in [-0.3, -0.25) is 9.59 Å². The van der Waals surface area contributed by atoms with Crippen LogP contribution in [0.2, 0.25) is 0 Å². The number of esters is 2. The smallest absolute Gasteiger partial charge is 0.345 e. The van der Waals surface area contributed by atoms with Crippen LogP contribution in [-0.2, 0) is 45.5 Å². The summed E-state index contributed by atoms with van der Waals surface area (Å²) in [7, 11) is 0. The number of ether oxygens (including phenoxy) is 4. The van der Waals surface area contributed by atoms with Crippen LogP contribution in [0.25, 0.3) is 6.08 Å². The average molecular weight is 715 g/mol. The molecular formula is C34H33F3N4O8S. The number of halogens is 3. The van der Waals surface area contributed by atoms with Gasteiger partial charge in [0.1, 0.15) is 30.1 Å². The Morgan fingerprint density at radius 2 is 1.92 bits per heavy atom. The van der Waals surface area contributed by atoms with Crippen molar-refractivity contribution in [2.45, 2.75) is 61.7 Å². The molecule has 3 aromatic rings. The maximum absolute atomic E-state index is 15.6. The normalized spacial score (nSPS) is 18.6. The van der Waals surface area contributed by atoms with Crippen molar-refractivity contribution in [3.05, 3.63) is 101 Å². The highest BCUT2D eigenvalue weighted by atomic mass is 32.2. The molecule has 1 saturated heterocycles. The Balaban J connectivity index is 1.50. The predicted octanol–water partition coefficient (Wildman–Crippen LogP) is 4.94. The van der Waals surface area contributed by atoms with Crippen molar-refractivity contribution in [2.24, 2.45) is 0 Å². The fraction of sp³-hybridized carbons (Fsp3) is 0.353. The van der Waals surface area contributed by atoms with E-state index in [2.05, 4.69) is 10.1 Å². The highest BCUT2D eigenvalue weighted by Gasteiger charge is 2.46. The molecule has 16 heteroatoms. The van der Waals surface area contributed by atoms with Gasteiger partial charge >= 0.3 is 17.9 Å². The highest BCUT2D eigenvalue weighted by Crippen LogP contribution is 2.42. The zero-order valence-electron chi connectivity index (χ0n) is 26.9. The third kappa shape index (κ3) is 10.3. The highest BCUT2D eigenvalue weighted by molar-refractivity contribution is 8.00. The van der Waals surface area contributed by atoms with E-state index in [0.717, 1.165) is 25.1 Å². The number of carboxylic acids is 1. The van der Waals surface area contributed by atoms with Gasteiger partial charge in [-0.25, -0.2) is 27.6 Å². The van der Waals surface area contributed by atoms with E-state index in [1.165, 1.54) is 47.3 Å². The minimum atomic E-state index is -1.84.